The Morgan fingerprint density at radius 1 is 0.843 bits per heavy atom. The number of nitro groups is 1. The zero-order chi connectivity index (χ0) is 35.7. The fraction of sp³-hybridized carbons (Fsp3) is 0.351. The maximum Gasteiger partial charge on any atom is 0.300 e. The molecule has 0 radical (unpaired) electrons. The molecule has 0 spiro atoms. The topological polar surface area (TPSA) is 187 Å². The van der Waals surface area contributed by atoms with Gasteiger partial charge in [-0.3, -0.25) is 24.5 Å². The van der Waals surface area contributed by atoms with Gasteiger partial charge in [0.1, 0.15) is 5.76 Å². The molecule has 6 rings (SSSR count). The lowest BCUT2D eigenvalue weighted by molar-refractivity contribution is -0.383. The zero-order valence-electron chi connectivity index (χ0n) is 28.2. The second-order valence-electron chi connectivity index (χ2n) is 12.8. The van der Waals surface area contributed by atoms with E-state index in [0.29, 0.717) is 79.4 Å². The number of nitrogens with zero attached hydrogens (tertiary/aromatic N) is 5. The summed E-state index contributed by atoms with van der Waals surface area (Å²) in [7, 11) is 0. The maximum atomic E-state index is 14.1. The molecule has 3 aromatic carbocycles. The lowest BCUT2D eigenvalue weighted by Gasteiger charge is -2.42. The van der Waals surface area contributed by atoms with Crippen LogP contribution in [0.15, 0.2) is 88.0 Å². The number of unbranched alkanes of at least 4 members (excludes halogenated alkanes) is 2. The van der Waals surface area contributed by atoms with Crippen LogP contribution in [0.3, 0.4) is 0 Å². The van der Waals surface area contributed by atoms with E-state index in [2.05, 4.69) is 31.0 Å². The van der Waals surface area contributed by atoms with Crippen LogP contribution in [0.5, 0.6) is 0 Å². The molecule has 2 atom stereocenters. The predicted molar refractivity (Wildman–Crippen MR) is 187 cm³/mol. The third-order valence-electron chi connectivity index (χ3n) is 9.29. The zero-order valence-corrected chi connectivity index (χ0v) is 28.2. The van der Waals surface area contributed by atoms with Gasteiger partial charge in [0.15, 0.2) is 17.1 Å². The molecule has 1 saturated heterocycles. The standard InChI is InChI=1S/C37H39N7O7/c1-24-21-30(40-50-24)33-27(36(46)25-11-5-2-6-12-25)22-43(23-28(33)37(47)26-13-7-3-8-14-26)20-19-39-32(45)15-9-4-10-18-38-29-16-17-31(44(48)49)35-34(29)41-51-42-35/h2-3,5-8,11-14,16-17,21,27-28,33,38H,4,9-10,15,18-20,22-23H2,1H3,(H,39,45). The number of rotatable bonds is 16. The van der Waals surface area contributed by atoms with Crippen LogP contribution in [0.2, 0.25) is 0 Å². The van der Waals surface area contributed by atoms with Crippen LogP contribution in [-0.2, 0) is 4.79 Å². The molecule has 0 bridgehead atoms. The summed E-state index contributed by atoms with van der Waals surface area (Å²) in [6, 6.07) is 23.0. The fourth-order valence-electron chi connectivity index (χ4n) is 6.80. The number of aryl methyl sites for hydroxylation is 1. The Bertz CT molecular complexity index is 1920. The van der Waals surface area contributed by atoms with E-state index in [1.807, 2.05) is 42.5 Å². The molecular formula is C37H39N7O7. The smallest absolute Gasteiger partial charge is 0.300 e. The van der Waals surface area contributed by atoms with Crippen molar-refractivity contribution in [2.75, 3.05) is 38.0 Å². The average molecular weight is 694 g/mol. The van der Waals surface area contributed by atoms with Crippen molar-refractivity contribution < 1.29 is 28.5 Å². The van der Waals surface area contributed by atoms with Gasteiger partial charge in [-0.05, 0) is 36.1 Å². The van der Waals surface area contributed by atoms with Gasteiger partial charge in [-0.25, -0.2) is 4.63 Å². The van der Waals surface area contributed by atoms with Gasteiger partial charge < -0.3 is 20.1 Å². The Morgan fingerprint density at radius 2 is 1.49 bits per heavy atom. The van der Waals surface area contributed by atoms with E-state index in [4.69, 9.17) is 9.15 Å². The van der Waals surface area contributed by atoms with Crippen molar-refractivity contribution in [2.45, 2.75) is 38.5 Å². The molecule has 51 heavy (non-hydrogen) atoms. The molecule has 14 nitrogen and oxygen atoms in total. The quantitative estimate of drug-likeness (QED) is 0.0564. The number of carbonyl (C=O) groups is 3. The van der Waals surface area contributed by atoms with E-state index in [0.717, 1.165) is 12.8 Å². The van der Waals surface area contributed by atoms with Crippen LogP contribution in [0, 0.1) is 28.9 Å². The fourth-order valence-corrected chi connectivity index (χ4v) is 6.80. The van der Waals surface area contributed by atoms with Gasteiger partial charge in [0.2, 0.25) is 11.4 Å². The van der Waals surface area contributed by atoms with Crippen molar-refractivity contribution in [1.29, 1.82) is 0 Å². The summed E-state index contributed by atoms with van der Waals surface area (Å²) < 4.78 is 10.1. The number of hydrogen-bond acceptors (Lipinski definition) is 12. The molecule has 1 fully saturated rings. The Kier molecular flexibility index (Phi) is 11.2. The van der Waals surface area contributed by atoms with Gasteiger partial charge in [-0.2, -0.15) is 0 Å². The summed E-state index contributed by atoms with van der Waals surface area (Å²) in [5.74, 6) is -1.20. The number of ketones is 2. The highest BCUT2D eigenvalue weighted by atomic mass is 16.6. The number of piperidine rings is 1. The first-order valence-corrected chi connectivity index (χ1v) is 17.0. The monoisotopic (exact) mass is 693 g/mol. The Hall–Kier alpha value is -5.76. The highest BCUT2D eigenvalue weighted by Gasteiger charge is 2.46. The van der Waals surface area contributed by atoms with Crippen LogP contribution in [0.1, 0.15) is 63.8 Å². The van der Waals surface area contributed by atoms with E-state index in [1.54, 1.807) is 37.3 Å². The first-order valence-electron chi connectivity index (χ1n) is 17.0. The second kappa shape index (κ2) is 16.3. The molecule has 0 saturated carbocycles. The minimum Gasteiger partial charge on any atom is -0.383 e. The second-order valence-corrected chi connectivity index (χ2v) is 12.8. The van der Waals surface area contributed by atoms with E-state index >= 15 is 0 Å². The summed E-state index contributed by atoms with van der Waals surface area (Å²) >= 11 is 0. The van der Waals surface area contributed by atoms with Gasteiger partial charge in [0, 0.05) is 80.2 Å². The summed E-state index contributed by atoms with van der Waals surface area (Å²) in [5, 5.41) is 29.1. The van der Waals surface area contributed by atoms with Crippen molar-refractivity contribution in [2.24, 2.45) is 11.8 Å². The molecule has 2 aromatic heterocycles. The average Bonchev–Trinajstić information content (AvgIpc) is 3.82. The molecule has 14 heteroatoms. The number of amides is 1. The number of benzene rings is 3. The third-order valence-corrected chi connectivity index (χ3v) is 9.29. The van der Waals surface area contributed by atoms with Gasteiger partial charge in [0.05, 0.1) is 16.3 Å². The van der Waals surface area contributed by atoms with Crippen LogP contribution in [0.4, 0.5) is 11.4 Å². The van der Waals surface area contributed by atoms with E-state index in [9.17, 15) is 24.5 Å². The van der Waals surface area contributed by atoms with Crippen molar-refractivity contribution in [1.82, 2.24) is 25.7 Å². The first kappa shape index (κ1) is 35.1. The van der Waals surface area contributed by atoms with Crippen LogP contribution >= 0.6 is 0 Å². The van der Waals surface area contributed by atoms with Gasteiger partial charge in [0.25, 0.3) is 0 Å². The number of aromatic nitrogens is 3. The molecule has 3 heterocycles. The number of non-ortho nitro benzene ring substituents is 1. The number of Topliss-reactive ketones (excluding diaryl/α,β-unsaturated/α-hetero) is 2. The number of anilines is 1. The van der Waals surface area contributed by atoms with Gasteiger partial charge >= 0.3 is 5.69 Å². The molecule has 2 unspecified atom stereocenters. The number of hydrogen-bond donors (Lipinski definition) is 2. The molecule has 0 aliphatic carbocycles. The lowest BCUT2D eigenvalue weighted by Crippen LogP contribution is -2.52. The Labute approximate surface area is 293 Å². The lowest BCUT2D eigenvalue weighted by atomic mass is 9.70. The van der Waals surface area contributed by atoms with Crippen molar-refractivity contribution in [3.05, 3.63) is 112 Å². The number of nitro benzene ring substituents is 1. The SMILES string of the molecule is Cc1cc(C2C(C(=O)c3ccccc3)CN(CCNC(=O)CCCCCNc3ccc([N+](=O)[O-])c4nonc34)CC2C(=O)c2ccccc2)no1. The summed E-state index contributed by atoms with van der Waals surface area (Å²) in [5.41, 5.74) is 2.54. The van der Waals surface area contributed by atoms with Crippen molar-refractivity contribution in [3.63, 3.8) is 0 Å². The maximum absolute atomic E-state index is 14.1. The third kappa shape index (κ3) is 8.35. The minimum absolute atomic E-state index is 0.0639. The number of likely N-dealkylation sites (tertiary alicyclic amines) is 1. The first-order chi connectivity index (χ1) is 24.8. The largest absolute Gasteiger partial charge is 0.383 e. The van der Waals surface area contributed by atoms with E-state index in [-0.39, 0.29) is 28.7 Å². The number of carbonyl (C=O) groups excluding carboxylic acids is 3. The van der Waals surface area contributed by atoms with Crippen molar-refractivity contribution >= 4 is 39.9 Å². The molecule has 2 N–H and O–H groups in total. The molecule has 1 amide bonds. The van der Waals surface area contributed by atoms with Gasteiger partial charge in [-0.15, -0.1) is 0 Å². The Balaban J connectivity index is 1.04. The van der Waals surface area contributed by atoms with E-state index < -0.39 is 22.7 Å². The highest BCUT2D eigenvalue weighted by molar-refractivity contribution is 6.02. The summed E-state index contributed by atoms with van der Waals surface area (Å²) in [6.07, 6.45) is 2.59. The minimum atomic E-state index is -0.560. The van der Waals surface area contributed by atoms with Crippen LogP contribution < -0.4 is 10.6 Å². The summed E-state index contributed by atoms with van der Waals surface area (Å²) in [4.78, 5) is 53.7. The normalized spacial score (nSPS) is 17.6. The number of nitrogens with one attached hydrogen (secondary N) is 2. The molecule has 1 aliphatic heterocycles. The molecule has 264 valence electrons. The predicted octanol–water partition coefficient (Wildman–Crippen LogP) is 5.61. The van der Waals surface area contributed by atoms with Gasteiger partial charge in [-0.1, -0.05) is 72.2 Å². The highest BCUT2D eigenvalue weighted by Crippen LogP contribution is 2.40. The summed E-state index contributed by atoms with van der Waals surface area (Å²) in [6.45, 7) is 4.02. The van der Waals surface area contributed by atoms with E-state index in [1.165, 1.54) is 6.07 Å². The van der Waals surface area contributed by atoms with Crippen LogP contribution in [0.25, 0.3) is 11.0 Å². The Morgan fingerprint density at radius 3 is 2.10 bits per heavy atom. The molecular weight excluding hydrogens is 654 g/mol. The number of fused-ring (bicyclic) bond motifs is 1. The molecule has 1 aliphatic rings. The van der Waals surface area contributed by atoms with Crippen LogP contribution in [-0.4, -0.2) is 75.5 Å². The molecule has 5 aromatic rings. The van der Waals surface area contributed by atoms with Crippen molar-refractivity contribution in [3.8, 4) is 0 Å².